The zero-order valence-electron chi connectivity index (χ0n) is 13.7. The van der Waals surface area contributed by atoms with Crippen molar-refractivity contribution in [3.05, 3.63) is 65.7 Å². The standard InChI is InChI=1S/C20H14N2S3/c1-13-3-7-19(23-13)15(11-21)9-17-5-6-18(25-17)10-16(12-22)20-8-4-14(2)24-20/h3-10H,1-2H3/b15-9+,16-10+. The molecule has 0 aromatic carbocycles. The molecule has 3 heterocycles. The van der Waals surface area contributed by atoms with E-state index in [1.165, 1.54) is 9.75 Å². The van der Waals surface area contributed by atoms with Crippen molar-refractivity contribution in [3.63, 3.8) is 0 Å². The van der Waals surface area contributed by atoms with E-state index in [-0.39, 0.29) is 0 Å². The third-order valence-corrected chi connectivity index (χ3v) is 6.52. The Morgan fingerprint density at radius 1 is 0.720 bits per heavy atom. The summed E-state index contributed by atoms with van der Waals surface area (Å²) in [5.74, 6) is 0. The van der Waals surface area contributed by atoms with Gasteiger partial charge in [-0.15, -0.1) is 34.0 Å². The van der Waals surface area contributed by atoms with Gasteiger partial charge in [0.05, 0.1) is 11.1 Å². The van der Waals surface area contributed by atoms with Gasteiger partial charge >= 0.3 is 0 Å². The largest absolute Gasteiger partial charge is 0.192 e. The molecule has 0 radical (unpaired) electrons. The maximum Gasteiger partial charge on any atom is 0.101 e. The summed E-state index contributed by atoms with van der Waals surface area (Å²) in [5, 5.41) is 18.9. The number of thiophene rings is 3. The van der Waals surface area contributed by atoms with Crippen molar-refractivity contribution in [3.8, 4) is 12.1 Å². The van der Waals surface area contributed by atoms with Gasteiger partial charge in [0.15, 0.2) is 0 Å². The first-order chi connectivity index (χ1) is 12.1. The molecule has 0 fully saturated rings. The molecule has 0 N–H and O–H groups in total. The van der Waals surface area contributed by atoms with E-state index < -0.39 is 0 Å². The first-order valence-electron chi connectivity index (χ1n) is 7.56. The number of nitrogens with zero attached hydrogens (tertiary/aromatic N) is 2. The van der Waals surface area contributed by atoms with Gasteiger partial charge in [-0.2, -0.15) is 10.5 Å². The van der Waals surface area contributed by atoms with Crippen molar-refractivity contribution >= 4 is 57.3 Å². The zero-order chi connectivity index (χ0) is 17.8. The Morgan fingerprint density at radius 3 is 1.48 bits per heavy atom. The molecule has 0 saturated heterocycles. The number of nitriles is 2. The second-order valence-corrected chi connectivity index (χ2v) is 9.12. The topological polar surface area (TPSA) is 47.6 Å². The number of aryl methyl sites for hydroxylation is 2. The lowest BCUT2D eigenvalue weighted by Crippen LogP contribution is -1.73. The molecule has 25 heavy (non-hydrogen) atoms. The summed E-state index contributed by atoms with van der Waals surface area (Å²) in [6.07, 6.45) is 3.82. The van der Waals surface area contributed by atoms with Crippen LogP contribution in [0.2, 0.25) is 0 Å². The molecule has 0 saturated carbocycles. The average Bonchev–Trinajstić information content (AvgIpc) is 3.32. The van der Waals surface area contributed by atoms with Crippen LogP contribution in [-0.2, 0) is 0 Å². The summed E-state index contributed by atoms with van der Waals surface area (Å²) in [4.78, 5) is 6.36. The summed E-state index contributed by atoms with van der Waals surface area (Å²) < 4.78 is 0. The number of rotatable bonds is 4. The van der Waals surface area contributed by atoms with Crippen LogP contribution >= 0.6 is 34.0 Å². The average molecular weight is 379 g/mol. The second kappa shape index (κ2) is 7.63. The first kappa shape index (κ1) is 17.4. The lowest BCUT2D eigenvalue weighted by molar-refractivity contribution is 1.54. The number of allylic oxidation sites excluding steroid dienone is 2. The normalized spacial score (nSPS) is 12.0. The van der Waals surface area contributed by atoms with Crippen LogP contribution in [0.15, 0.2) is 36.4 Å². The van der Waals surface area contributed by atoms with E-state index in [9.17, 15) is 10.5 Å². The first-order valence-corrected chi connectivity index (χ1v) is 10.0. The molecule has 0 atom stereocenters. The Balaban J connectivity index is 1.89. The van der Waals surface area contributed by atoms with E-state index in [2.05, 4.69) is 12.1 Å². The predicted octanol–water partition coefficient (Wildman–Crippen LogP) is 6.62. The molecule has 0 unspecified atom stereocenters. The van der Waals surface area contributed by atoms with E-state index in [0.717, 1.165) is 19.5 Å². The molecule has 3 aromatic heterocycles. The van der Waals surface area contributed by atoms with Crippen molar-refractivity contribution in [2.75, 3.05) is 0 Å². The Bertz CT molecular complexity index is 963. The van der Waals surface area contributed by atoms with Crippen LogP contribution in [0.25, 0.3) is 23.3 Å². The molecule has 3 rings (SSSR count). The monoisotopic (exact) mass is 378 g/mol. The zero-order valence-corrected chi connectivity index (χ0v) is 16.2. The second-order valence-electron chi connectivity index (χ2n) is 5.40. The third-order valence-electron chi connectivity index (χ3n) is 3.47. The van der Waals surface area contributed by atoms with E-state index in [1.54, 1.807) is 34.0 Å². The summed E-state index contributed by atoms with van der Waals surface area (Å²) >= 11 is 4.82. The molecular weight excluding hydrogens is 364 g/mol. The minimum atomic E-state index is 0.671. The van der Waals surface area contributed by atoms with Gasteiger partial charge in [0.25, 0.3) is 0 Å². The number of hydrogen-bond donors (Lipinski definition) is 0. The van der Waals surface area contributed by atoms with E-state index in [1.807, 2.05) is 62.4 Å². The Morgan fingerprint density at radius 2 is 1.16 bits per heavy atom. The fourth-order valence-corrected chi connectivity index (χ4v) is 4.85. The molecule has 3 aromatic rings. The van der Waals surface area contributed by atoms with Gasteiger partial charge in [0, 0.05) is 29.3 Å². The van der Waals surface area contributed by atoms with Crippen LogP contribution < -0.4 is 0 Å². The highest BCUT2D eigenvalue weighted by Crippen LogP contribution is 2.30. The maximum atomic E-state index is 9.43. The van der Waals surface area contributed by atoms with Crippen LogP contribution in [0.4, 0.5) is 0 Å². The molecule has 0 amide bonds. The molecule has 0 aliphatic rings. The predicted molar refractivity (Wildman–Crippen MR) is 109 cm³/mol. The lowest BCUT2D eigenvalue weighted by Gasteiger charge is -1.93. The van der Waals surface area contributed by atoms with Crippen LogP contribution in [0.1, 0.15) is 29.3 Å². The fourth-order valence-electron chi connectivity index (χ4n) is 2.28. The van der Waals surface area contributed by atoms with Gasteiger partial charge in [-0.25, -0.2) is 0 Å². The summed E-state index contributed by atoms with van der Waals surface area (Å²) in [6.45, 7) is 4.07. The molecule has 0 aliphatic heterocycles. The lowest BCUT2D eigenvalue weighted by atomic mass is 10.2. The van der Waals surface area contributed by atoms with E-state index >= 15 is 0 Å². The van der Waals surface area contributed by atoms with Crippen molar-refractivity contribution in [2.24, 2.45) is 0 Å². The Labute approximate surface area is 159 Å². The van der Waals surface area contributed by atoms with Crippen LogP contribution in [0, 0.1) is 36.5 Å². The highest BCUT2D eigenvalue weighted by Gasteiger charge is 2.07. The molecule has 5 heteroatoms. The van der Waals surface area contributed by atoms with Crippen LogP contribution in [0.3, 0.4) is 0 Å². The summed E-state index contributed by atoms with van der Waals surface area (Å²) in [5.41, 5.74) is 1.34. The van der Waals surface area contributed by atoms with Gasteiger partial charge < -0.3 is 0 Å². The number of hydrogen-bond acceptors (Lipinski definition) is 5. The summed E-state index contributed by atoms with van der Waals surface area (Å²) in [7, 11) is 0. The van der Waals surface area contributed by atoms with Gasteiger partial charge in [-0.1, -0.05) is 0 Å². The summed E-state index contributed by atoms with van der Waals surface area (Å²) in [6, 6.07) is 16.6. The Kier molecular flexibility index (Phi) is 5.31. The smallest absolute Gasteiger partial charge is 0.101 e. The molecule has 122 valence electrons. The van der Waals surface area contributed by atoms with E-state index in [4.69, 9.17) is 0 Å². The van der Waals surface area contributed by atoms with Crippen molar-refractivity contribution in [1.82, 2.24) is 0 Å². The van der Waals surface area contributed by atoms with Crippen molar-refractivity contribution < 1.29 is 0 Å². The minimum Gasteiger partial charge on any atom is -0.192 e. The van der Waals surface area contributed by atoms with Gasteiger partial charge in [-0.3, -0.25) is 0 Å². The van der Waals surface area contributed by atoms with Crippen molar-refractivity contribution in [1.29, 1.82) is 10.5 Å². The van der Waals surface area contributed by atoms with Crippen LogP contribution in [0.5, 0.6) is 0 Å². The quantitative estimate of drug-likeness (QED) is 0.479. The van der Waals surface area contributed by atoms with Gasteiger partial charge in [0.1, 0.15) is 12.1 Å². The highest BCUT2D eigenvalue weighted by molar-refractivity contribution is 7.15. The molecular formula is C20H14N2S3. The Hall–Kier alpha value is -2.44. The van der Waals surface area contributed by atoms with Gasteiger partial charge in [-0.05, 0) is 62.4 Å². The highest BCUT2D eigenvalue weighted by atomic mass is 32.1. The van der Waals surface area contributed by atoms with Gasteiger partial charge in [0.2, 0.25) is 0 Å². The maximum absolute atomic E-state index is 9.43. The van der Waals surface area contributed by atoms with Crippen molar-refractivity contribution in [2.45, 2.75) is 13.8 Å². The van der Waals surface area contributed by atoms with Crippen LogP contribution in [-0.4, -0.2) is 0 Å². The molecule has 2 nitrogen and oxygen atoms in total. The molecule has 0 spiro atoms. The SMILES string of the molecule is Cc1ccc(/C(C#N)=C/c2ccc(/C=C(\C#N)c3ccc(C)s3)s2)s1. The minimum absolute atomic E-state index is 0.671. The third kappa shape index (κ3) is 4.15. The molecule has 0 aliphatic carbocycles. The fraction of sp³-hybridized carbons (Fsp3) is 0.100. The molecule has 0 bridgehead atoms. The van der Waals surface area contributed by atoms with E-state index in [0.29, 0.717) is 11.1 Å².